The van der Waals surface area contributed by atoms with Gasteiger partial charge in [0.2, 0.25) is 0 Å². The van der Waals surface area contributed by atoms with Crippen LogP contribution in [0.1, 0.15) is 32.1 Å². The van der Waals surface area contributed by atoms with Gasteiger partial charge in [0, 0.05) is 42.7 Å². The molecule has 202 valence electrons. The van der Waals surface area contributed by atoms with Crippen molar-refractivity contribution in [2.45, 2.75) is 43.0 Å². The average molecular weight is 543 g/mol. The molecule has 0 saturated heterocycles. The number of halogens is 1. The number of hydrogen-bond donors (Lipinski definition) is 2. The predicted octanol–water partition coefficient (Wildman–Crippen LogP) is 5.97. The van der Waals surface area contributed by atoms with Crippen LogP contribution in [0.25, 0.3) is 0 Å². The Morgan fingerprint density at radius 3 is 2.00 bits per heavy atom. The minimum atomic E-state index is -3.35. The van der Waals surface area contributed by atoms with Crippen molar-refractivity contribution in [3.63, 3.8) is 0 Å². The highest BCUT2D eigenvalue weighted by Crippen LogP contribution is 2.33. The number of sulfone groups is 1. The summed E-state index contributed by atoms with van der Waals surface area (Å²) < 4.78 is 48.7. The second-order valence-corrected chi connectivity index (χ2v) is 11.2. The molecule has 3 aromatic carbocycles. The Bertz CT molecular complexity index is 1340. The molecule has 0 atom stereocenters. The van der Waals surface area contributed by atoms with Gasteiger partial charge in [-0.05, 0) is 61.4 Å². The molecule has 1 aliphatic carbocycles. The molecular formula is C28H31FN2O6S. The zero-order valence-electron chi connectivity index (χ0n) is 21.1. The first-order chi connectivity index (χ1) is 18.2. The number of aliphatic hydroxyl groups excluding tert-OH is 1. The van der Waals surface area contributed by atoms with E-state index in [2.05, 4.69) is 5.32 Å². The van der Waals surface area contributed by atoms with Gasteiger partial charge in [-0.2, -0.15) is 0 Å². The molecule has 8 nitrogen and oxygen atoms in total. The molecule has 0 bridgehead atoms. The Morgan fingerprint density at radius 2 is 1.47 bits per heavy atom. The van der Waals surface area contributed by atoms with Gasteiger partial charge in [0.05, 0.1) is 11.5 Å². The second kappa shape index (κ2) is 12.3. The largest absolute Gasteiger partial charge is 0.457 e. The summed E-state index contributed by atoms with van der Waals surface area (Å²) in [6, 6.07) is 16.1. The third-order valence-electron chi connectivity index (χ3n) is 6.29. The number of amides is 2. The number of hydrogen-bond acceptors (Lipinski definition) is 6. The lowest BCUT2D eigenvalue weighted by atomic mass is 9.94. The first-order valence-electron chi connectivity index (χ1n) is 12.5. The van der Waals surface area contributed by atoms with Crippen molar-refractivity contribution in [2.24, 2.45) is 0 Å². The molecule has 0 unspecified atom stereocenters. The van der Waals surface area contributed by atoms with Crippen LogP contribution < -0.4 is 14.8 Å². The highest BCUT2D eigenvalue weighted by Gasteiger charge is 2.25. The molecule has 1 aliphatic rings. The Labute approximate surface area is 221 Å². The van der Waals surface area contributed by atoms with Crippen molar-refractivity contribution in [3.8, 4) is 23.0 Å². The van der Waals surface area contributed by atoms with Gasteiger partial charge in [0.25, 0.3) is 0 Å². The third kappa shape index (κ3) is 7.45. The summed E-state index contributed by atoms with van der Waals surface area (Å²) in [6.07, 6.45) is 6.12. The van der Waals surface area contributed by atoms with Gasteiger partial charge in [-0.3, -0.25) is 0 Å². The number of nitrogens with zero attached hydrogens (tertiary/aromatic N) is 1. The van der Waals surface area contributed by atoms with Crippen molar-refractivity contribution in [3.05, 3.63) is 72.5 Å². The summed E-state index contributed by atoms with van der Waals surface area (Å²) in [4.78, 5) is 15.1. The zero-order valence-corrected chi connectivity index (χ0v) is 21.9. The van der Waals surface area contributed by atoms with Gasteiger partial charge in [-0.15, -0.1) is 0 Å². The van der Waals surface area contributed by atoms with Crippen LogP contribution in [0.15, 0.2) is 71.6 Å². The van der Waals surface area contributed by atoms with Crippen molar-refractivity contribution >= 4 is 21.6 Å². The van der Waals surface area contributed by atoms with E-state index in [1.165, 1.54) is 48.5 Å². The summed E-state index contributed by atoms with van der Waals surface area (Å²) >= 11 is 0. The van der Waals surface area contributed by atoms with Crippen LogP contribution in [-0.2, 0) is 9.84 Å². The van der Waals surface area contributed by atoms with Crippen molar-refractivity contribution in [1.82, 2.24) is 4.90 Å². The summed E-state index contributed by atoms with van der Waals surface area (Å²) in [5.74, 6) is 1.05. The molecule has 3 aromatic rings. The number of benzene rings is 3. The van der Waals surface area contributed by atoms with Gasteiger partial charge in [-0.1, -0.05) is 19.3 Å². The van der Waals surface area contributed by atoms with Crippen LogP contribution in [0.4, 0.5) is 14.9 Å². The topological polar surface area (TPSA) is 105 Å². The van der Waals surface area contributed by atoms with E-state index in [1.54, 1.807) is 23.1 Å². The lowest BCUT2D eigenvalue weighted by Crippen LogP contribution is -2.45. The first-order valence-corrected chi connectivity index (χ1v) is 14.4. The van der Waals surface area contributed by atoms with Crippen LogP contribution in [0.2, 0.25) is 0 Å². The highest BCUT2D eigenvalue weighted by atomic mass is 32.2. The zero-order chi connectivity index (χ0) is 27.1. The van der Waals surface area contributed by atoms with Gasteiger partial charge >= 0.3 is 6.03 Å². The molecule has 0 aliphatic heterocycles. The molecule has 0 radical (unpaired) electrons. The summed E-state index contributed by atoms with van der Waals surface area (Å²) in [5.41, 5.74) is 0.399. The molecule has 4 rings (SSSR count). The van der Waals surface area contributed by atoms with Crippen molar-refractivity contribution in [2.75, 3.05) is 24.7 Å². The van der Waals surface area contributed by atoms with Gasteiger partial charge in [0.1, 0.15) is 28.8 Å². The number of aliphatic hydroxyl groups is 1. The summed E-state index contributed by atoms with van der Waals surface area (Å²) in [5, 5.41) is 12.5. The van der Waals surface area contributed by atoms with Gasteiger partial charge in [-0.25, -0.2) is 17.6 Å². The van der Waals surface area contributed by atoms with E-state index in [0.717, 1.165) is 38.4 Å². The second-order valence-electron chi connectivity index (χ2n) is 9.23. The fourth-order valence-corrected chi connectivity index (χ4v) is 5.07. The van der Waals surface area contributed by atoms with Crippen LogP contribution in [-0.4, -0.2) is 49.9 Å². The molecule has 0 spiro atoms. The number of rotatable bonds is 9. The van der Waals surface area contributed by atoms with Crippen LogP contribution in [0.3, 0.4) is 0 Å². The highest BCUT2D eigenvalue weighted by molar-refractivity contribution is 7.90. The monoisotopic (exact) mass is 542 g/mol. The first kappa shape index (κ1) is 27.4. The smallest absolute Gasteiger partial charge is 0.322 e. The number of anilines is 1. The minimum absolute atomic E-state index is 0.0543. The Balaban J connectivity index is 1.60. The molecule has 10 heteroatoms. The maximum absolute atomic E-state index is 13.4. The fourth-order valence-electron chi connectivity index (χ4n) is 4.44. The fraction of sp³-hybridized carbons (Fsp3) is 0.321. The maximum atomic E-state index is 13.4. The number of nitrogens with one attached hydrogen (secondary N) is 1. The molecule has 1 fully saturated rings. The Morgan fingerprint density at radius 1 is 0.921 bits per heavy atom. The van der Waals surface area contributed by atoms with E-state index in [-0.39, 0.29) is 30.1 Å². The van der Waals surface area contributed by atoms with E-state index >= 15 is 0 Å². The number of ether oxygens (including phenoxy) is 2. The summed E-state index contributed by atoms with van der Waals surface area (Å²) in [6.45, 7) is 0.0772. The predicted molar refractivity (Wildman–Crippen MR) is 142 cm³/mol. The number of urea groups is 1. The van der Waals surface area contributed by atoms with E-state index in [9.17, 15) is 22.7 Å². The number of carbonyl (C=O) groups is 1. The minimum Gasteiger partial charge on any atom is -0.457 e. The average Bonchev–Trinajstić information content (AvgIpc) is 2.89. The molecular weight excluding hydrogens is 511 g/mol. The van der Waals surface area contributed by atoms with E-state index < -0.39 is 15.7 Å². The van der Waals surface area contributed by atoms with E-state index in [4.69, 9.17) is 9.47 Å². The lowest BCUT2D eigenvalue weighted by molar-refractivity contribution is 0.144. The maximum Gasteiger partial charge on any atom is 0.322 e. The lowest BCUT2D eigenvalue weighted by Gasteiger charge is -2.34. The molecule has 2 N–H and O–H groups in total. The Kier molecular flexibility index (Phi) is 8.85. The summed E-state index contributed by atoms with van der Waals surface area (Å²) in [7, 11) is -3.35. The van der Waals surface area contributed by atoms with E-state index in [1.807, 2.05) is 0 Å². The molecule has 1 saturated carbocycles. The quantitative estimate of drug-likeness (QED) is 0.345. The van der Waals surface area contributed by atoms with E-state index in [0.29, 0.717) is 28.7 Å². The van der Waals surface area contributed by atoms with Crippen LogP contribution >= 0.6 is 0 Å². The number of carbonyl (C=O) groups excluding carboxylic acids is 1. The standard InChI is InChI=1S/C28H31FN2O6S/c1-38(34,35)27-13-11-24(12-14-27)37-26-18-21(17-25(19-26)36-23-9-7-20(29)8-10-23)30-28(33)31(15-16-32)22-5-3-2-4-6-22/h7-14,17-19,22,32H,2-6,15-16H2,1H3,(H,30,33). The molecule has 0 aromatic heterocycles. The van der Waals surface area contributed by atoms with Gasteiger partial charge < -0.3 is 24.8 Å². The molecule has 0 heterocycles. The normalized spacial score (nSPS) is 14.1. The Hall–Kier alpha value is -3.63. The SMILES string of the molecule is CS(=O)(=O)c1ccc(Oc2cc(NC(=O)N(CCO)C3CCCCC3)cc(Oc3ccc(F)cc3)c2)cc1. The van der Waals surface area contributed by atoms with Crippen LogP contribution in [0, 0.1) is 5.82 Å². The third-order valence-corrected chi connectivity index (χ3v) is 7.41. The van der Waals surface area contributed by atoms with Crippen molar-refractivity contribution < 1.29 is 32.2 Å². The van der Waals surface area contributed by atoms with Gasteiger partial charge in [0.15, 0.2) is 9.84 Å². The molecule has 2 amide bonds. The molecule has 38 heavy (non-hydrogen) atoms. The van der Waals surface area contributed by atoms with Crippen LogP contribution in [0.5, 0.6) is 23.0 Å². The van der Waals surface area contributed by atoms with Crippen molar-refractivity contribution in [1.29, 1.82) is 0 Å².